The number of rotatable bonds is 2. The van der Waals surface area contributed by atoms with E-state index in [4.69, 9.17) is 9.47 Å². The standard InChI is InChI=1S/C13H18O4/c1-12(2)16-9-4-3-8(7-10(9)17-12)13(5-6-13)11(14)15/h7,9-10H,3-6H2,1-2H3,(H,14,15). The monoisotopic (exact) mass is 238 g/mol. The lowest BCUT2D eigenvalue weighted by molar-refractivity contribution is -0.143. The molecule has 3 rings (SSSR count). The fourth-order valence-electron chi connectivity index (χ4n) is 3.00. The van der Waals surface area contributed by atoms with Gasteiger partial charge in [-0.15, -0.1) is 0 Å². The van der Waals surface area contributed by atoms with Crippen LogP contribution >= 0.6 is 0 Å². The Labute approximate surface area is 101 Å². The fraction of sp³-hybridized carbons (Fsp3) is 0.769. The average molecular weight is 238 g/mol. The van der Waals surface area contributed by atoms with Crippen LogP contribution < -0.4 is 0 Å². The van der Waals surface area contributed by atoms with E-state index in [-0.39, 0.29) is 12.2 Å². The molecule has 0 aromatic heterocycles. The minimum absolute atomic E-state index is 0.0643. The zero-order valence-corrected chi connectivity index (χ0v) is 10.2. The largest absolute Gasteiger partial charge is 0.481 e. The summed E-state index contributed by atoms with van der Waals surface area (Å²) in [5.74, 6) is -1.22. The molecule has 0 bridgehead atoms. The summed E-state index contributed by atoms with van der Waals surface area (Å²) >= 11 is 0. The first-order valence-corrected chi connectivity index (χ1v) is 6.23. The van der Waals surface area contributed by atoms with Crippen LogP contribution in [0, 0.1) is 5.41 Å². The van der Waals surface area contributed by atoms with Crippen LogP contribution in [-0.2, 0) is 14.3 Å². The predicted octanol–water partition coefficient (Wildman–Crippen LogP) is 2.09. The van der Waals surface area contributed by atoms with Crippen LogP contribution in [-0.4, -0.2) is 29.1 Å². The molecule has 0 aromatic carbocycles. The molecule has 1 saturated carbocycles. The maximum atomic E-state index is 11.3. The zero-order chi connectivity index (χ0) is 12.3. The smallest absolute Gasteiger partial charge is 0.313 e. The van der Waals surface area contributed by atoms with Crippen molar-refractivity contribution >= 4 is 5.97 Å². The number of ether oxygens (including phenoxy) is 2. The molecule has 0 amide bonds. The molecule has 1 heterocycles. The molecule has 3 aliphatic rings. The van der Waals surface area contributed by atoms with E-state index in [0.29, 0.717) is 0 Å². The molecule has 2 fully saturated rings. The Morgan fingerprint density at radius 3 is 2.71 bits per heavy atom. The van der Waals surface area contributed by atoms with E-state index in [1.807, 2.05) is 19.9 Å². The van der Waals surface area contributed by atoms with Crippen LogP contribution in [0.1, 0.15) is 39.5 Å². The molecule has 0 spiro atoms. The normalized spacial score (nSPS) is 37.2. The molecule has 4 nitrogen and oxygen atoms in total. The molecule has 0 aromatic rings. The highest BCUT2D eigenvalue weighted by Crippen LogP contribution is 2.55. The quantitative estimate of drug-likeness (QED) is 0.748. The van der Waals surface area contributed by atoms with E-state index in [1.165, 1.54) is 0 Å². The number of aliphatic carboxylic acids is 1. The van der Waals surface area contributed by atoms with E-state index in [2.05, 4.69) is 0 Å². The van der Waals surface area contributed by atoms with Crippen molar-refractivity contribution in [2.45, 2.75) is 57.5 Å². The highest BCUT2D eigenvalue weighted by Gasteiger charge is 2.55. The summed E-state index contributed by atoms with van der Waals surface area (Å²) in [6.07, 6.45) is 5.28. The van der Waals surface area contributed by atoms with Gasteiger partial charge >= 0.3 is 5.97 Å². The van der Waals surface area contributed by atoms with Gasteiger partial charge in [0.25, 0.3) is 0 Å². The number of carboxylic acids is 1. The van der Waals surface area contributed by atoms with Crippen LogP contribution in [0.15, 0.2) is 11.6 Å². The van der Waals surface area contributed by atoms with E-state index in [0.717, 1.165) is 31.3 Å². The van der Waals surface area contributed by atoms with Gasteiger partial charge in [-0.25, -0.2) is 0 Å². The lowest BCUT2D eigenvalue weighted by Crippen LogP contribution is -2.29. The van der Waals surface area contributed by atoms with Crippen molar-refractivity contribution in [3.8, 4) is 0 Å². The summed E-state index contributed by atoms with van der Waals surface area (Å²) < 4.78 is 11.6. The number of hydrogen-bond donors (Lipinski definition) is 1. The van der Waals surface area contributed by atoms with Crippen molar-refractivity contribution in [2.24, 2.45) is 5.41 Å². The van der Waals surface area contributed by atoms with Gasteiger partial charge in [0.2, 0.25) is 0 Å². The lowest BCUT2D eigenvalue weighted by Gasteiger charge is -2.25. The molecule has 17 heavy (non-hydrogen) atoms. The van der Waals surface area contributed by atoms with Crippen LogP contribution in [0.2, 0.25) is 0 Å². The van der Waals surface area contributed by atoms with Gasteiger partial charge in [-0.3, -0.25) is 4.79 Å². The first-order chi connectivity index (χ1) is 7.93. The SMILES string of the molecule is CC1(C)OC2C=C(C3(C(=O)O)CC3)CCC2O1. The van der Waals surface area contributed by atoms with Crippen molar-refractivity contribution in [3.05, 3.63) is 11.6 Å². The molecule has 1 saturated heterocycles. The highest BCUT2D eigenvalue weighted by molar-refractivity contribution is 5.82. The van der Waals surface area contributed by atoms with E-state index >= 15 is 0 Å². The molecular weight excluding hydrogens is 220 g/mol. The summed E-state index contributed by atoms with van der Waals surface area (Å²) in [6.45, 7) is 3.81. The van der Waals surface area contributed by atoms with Crippen molar-refractivity contribution in [1.82, 2.24) is 0 Å². The molecule has 94 valence electrons. The second kappa shape index (κ2) is 3.33. The number of hydrogen-bond acceptors (Lipinski definition) is 3. The van der Waals surface area contributed by atoms with Crippen LogP contribution in [0.3, 0.4) is 0 Å². The van der Waals surface area contributed by atoms with Crippen molar-refractivity contribution in [2.75, 3.05) is 0 Å². The third-order valence-corrected chi connectivity index (χ3v) is 4.06. The van der Waals surface area contributed by atoms with Gasteiger partial charge in [-0.1, -0.05) is 11.6 Å². The molecule has 2 unspecified atom stereocenters. The maximum absolute atomic E-state index is 11.3. The second-order valence-electron chi connectivity index (χ2n) is 5.76. The first-order valence-electron chi connectivity index (χ1n) is 6.23. The number of carbonyl (C=O) groups is 1. The Balaban J connectivity index is 1.84. The van der Waals surface area contributed by atoms with E-state index < -0.39 is 17.2 Å². The Bertz CT molecular complexity index is 392. The number of fused-ring (bicyclic) bond motifs is 1. The van der Waals surface area contributed by atoms with Crippen molar-refractivity contribution in [3.63, 3.8) is 0 Å². The van der Waals surface area contributed by atoms with E-state index in [9.17, 15) is 9.90 Å². The Morgan fingerprint density at radius 2 is 2.12 bits per heavy atom. The minimum Gasteiger partial charge on any atom is -0.481 e. The third-order valence-electron chi connectivity index (χ3n) is 4.06. The van der Waals surface area contributed by atoms with Crippen LogP contribution in [0.4, 0.5) is 0 Å². The molecule has 1 N–H and O–H groups in total. The maximum Gasteiger partial charge on any atom is 0.313 e. The Morgan fingerprint density at radius 1 is 1.41 bits per heavy atom. The number of carboxylic acid groups (broad SMARTS) is 1. The van der Waals surface area contributed by atoms with Gasteiger partial charge < -0.3 is 14.6 Å². The molecule has 0 radical (unpaired) electrons. The first kappa shape index (κ1) is 11.2. The van der Waals surface area contributed by atoms with Gasteiger partial charge in [0.15, 0.2) is 5.79 Å². The van der Waals surface area contributed by atoms with Crippen LogP contribution in [0.25, 0.3) is 0 Å². The summed E-state index contributed by atoms with van der Waals surface area (Å²) in [4.78, 5) is 11.3. The van der Waals surface area contributed by atoms with Gasteiger partial charge in [0.05, 0.1) is 11.5 Å². The van der Waals surface area contributed by atoms with Gasteiger partial charge in [-0.05, 0) is 39.5 Å². The average Bonchev–Trinajstić information content (AvgIpc) is 2.95. The minimum atomic E-state index is -0.680. The predicted molar refractivity (Wildman–Crippen MR) is 60.4 cm³/mol. The highest BCUT2D eigenvalue weighted by atomic mass is 16.7. The van der Waals surface area contributed by atoms with Gasteiger partial charge in [0, 0.05) is 0 Å². The second-order valence-corrected chi connectivity index (χ2v) is 5.76. The molecular formula is C13H18O4. The summed E-state index contributed by atoms with van der Waals surface area (Å²) in [5, 5.41) is 9.29. The van der Waals surface area contributed by atoms with Gasteiger partial charge in [-0.2, -0.15) is 0 Å². The van der Waals surface area contributed by atoms with Crippen LogP contribution in [0.5, 0.6) is 0 Å². The zero-order valence-electron chi connectivity index (χ0n) is 10.2. The Hall–Kier alpha value is -0.870. The topological polar surface area (TPSA) is 55.8 Å². The summed E-state index contributed by atoms with van der Waals surface area (Å²) in [7, 11) is 0. The summed E-state index contributed by atoms with van der Waals surface area (Å²) in [6, 6.07) is 0. The van der Waals surface area contributed by atoms with Crippen molar-refractivity contribution in [1.29, 1.82) is 0 Å². The third kappa shape index (κ3) is 1.70. The molecule has 4 heteroatoms. The molecule has 2 aliphatic carbocycles. The summed E-state index contributed by atoms with van der Waals surface area (Å²) in [5.41, 5.74) is 0.480. The molecule has 1 aliphatic heterocycles. The molecule has 2 atom stereocenters. The van der Waals surface area contributed by atoms with Crippen molar-refractivity contribution < 1.29 is 19.4 Å². The fourth-order valence-corrected chi connectivity index (χ4v) is 3.00. The lowest BCUT2D eigenvalue weighted by atomic mass is 9.84. The van der Waals surface area contributed by atoms with Gasteiger partial charge in [0.1, 0.15) is 6.10 Å². The Kier molecular flexibility index (Phi) is 2.20. The van der Waals surface area contributed by atoms with E-state index in [1.54, 1.807) is 0 Å².